The minimum Gasteiger partial charge on any atom is -0.482 e. The molecule has 0 aliphatic carbocycles. The molecular weight excluding hydrogens is 252 g/mol. The van der Waals surface area contributed by atoms with Gasteiger partial charge in [-0.15, -0.1) is 0 Å². The van der Waals surface area contributed by atoms with E-state index in [0.29, 0.717) is 17.1 Å². The Morgan fingerprint density at radius 2 is 2.28 bits per heavy atom. The van der Waals surface area contributed by atoms with Crippen LogP contribution in [0.1, 0.15) is 0 Å². The summed E-state index contributed by atoms with van der Waals surface area (Å²) >= 11 is 3.96. The standard InChI is InChI=1S/C12H14N2O3S/c1-13(12(16)7-18)8-3-4-10-9(5-8)14(2)11(15)6-17-10/h3-5,18H,6-7H2,1-2H3. The van der Waals surface area contributed by atoms with Gasteiger partial charge in [-0.05, 0) is 18.2 Å². The third-order valence-corrected chi connectivity index (χ3v) is 3.20. The maximum atomic E-state index is 11.6. The summed E-state index contributed by atoms with van der Waals surface area (Å²) in [5.41, 5.74) is 1.38. The average molecular weight is 266 g/mol. The van der Waals surface area contributed by atoms with Crippen molar-refractivity contribution in [2.24, 2.45) is 0 Å². The number of hydrogen-bond acceptors (Lipinski definition) is 4. The van der Waals surface area contributed by atoms with Gasteiger partial charge in [0.25, 0.3) is 5.91 Å². The molecule has 96 valence electrons. The van der Waals surface area contributed by atoms with Gasteiger partial charge < -0.3 is 14.5 Å². The number of anilines is 2. The fourth-order valence-corrected chi connectivity index (χ4v) is 1.93. The van der Waals surface area contributed by atoms with Crippen molar-refractivity contribution in [2.75, 3.05) is 36.3 Å². The average Bonchev–Trinajstić information content (AvgIpc) is 2.41. The van der Waals surface area contributed by atoms with Gasteiger partial charge in [-0.25, -0.2) is 0 Å². The number of amides is 2. The van der Waals surface area contributed by atoms with Gasteiger partial charge in [-0.2, -0.15) is 12.6 Å². The smallest absolute Gasteiger partial charge is 0.264 e. The molecular formula is C12H14N2O3S. The number of carbonyl (C=O) groups excluding carboxylic acids is 2. The second-order valence-electron chi connectivity index (χ2n) is 4.00. The van der Waals surface area contributed by atoms with E-state index in [1.165, 1.54) is 9.80 Å². The maximum absolute atomic E-state index is 11.6. The Bertz CT molecular complexity index is 504. The highest BCUT2D eigenvalue weighted by atomic mass is 32.1. The lowest BCUT2D eigenvalue weighted by molar-refractivity contribution is -0.121. The van der Waals surface area contributed by atoms with Gasteiger partial charge in [0.2, 0.25) is 5.91 Å². The molecule has 1 aliphatic rings. The molecule has 0 atom stereocenters. The Morgan fingerprint density at radius 3 is 2.94 bits per heavy atom. The van der Waals surface area contributed by atoms with Crippen LogP contribution in [0.4, 0.5) is 11.4 Å². The van der Waals surface area contributed by atoms with Gasteiger partial charge in [0, 0.05) is 19.8 Å². The molecule has 18 heavy (non-hydrogen) atoms. The zero-order chi connectivity index (χ0) is 13.3. The first kappa shape index (κ1) is 12.8. The van der Waals surface area contributed by atoms with Crippen molar-refractivity contribution >= 4 is 35.8 Å². The summed E-state index contributed by atoms with van der Waals surface area (Å²) in [6.07, 6.45) is 0. The lowest BCUT2D eigenvalue weighted by atomic mass is 10.2. The van der Waals surface area contributed by atoms with Gasteiger partial charge >= 0.3 is 0 Å². The molecule has 0 fully saturated rings. The number of carbonyl (C=O) groups is 2. The quantitative estimate of drug-likeness (QED) is 0.810. The number of likely N-dealkylation sites (N-methyl/N-ethyl adjacent to an activating group) is 1. The van der Waals surface area contributed by atoms with E-state index in [4.69, 9.17) is 4.74 Å². The van der Waals surface area contributed by atoms with Crippen LogP contribution in [0, 0.1) is 0 Å². The van der Waals surface area contributed by atoms with Crippen LogP contribution in [0.3, 0.4) is 0 Å². The Hall–Kier alpha value is -1.69. The molecule has 6 heteroatoms. The number of hydrogen-bond donors (Lipinski definition) is 1. The molecule has 2 rings (SSSR count). The Morgan fingerprint density at radius 1 is 1.56 bits per heavy atom. The maximum Gasteiger partial charge on any atom is 0.264 e. The molecule has 0 unspecified atom stereocenters. The number of fused-ring (bicyclic) bond motifs is 1. The SMILES string of the molecule is CN(C(=O)CS)c1ccc2c(c1)N(C)C(=O)CO2. The van der Waals surface area contributed by atoms with Gasteiger partial charge in [-0.1, -0.05) is 0 Å². The van der Waals surface area contributed by atoms with Gasteiger partial charge in [-0.3, -0.25) is 9.59 Å². The van der Waals surface area contributed by atoms with Crippen LogP contribution in [0.15, 0.2) is 18.2 Å². The molecule has 5 nitrogen and oxygen atoms in total. The van der Waals surface area contributed by atoms with Crippen molar-refractivity contribution in [3.8, 4) is 5.75 Å². The zero-order valence-corrected chi connectivity index (χ0v) is 11.1. The van der Waals surface area contributed by atoms with E-state index in [-0.39, 0.29) is 24.2 Å². The van der Waals surface area contributed by atoms with Crippen molar-refractivity contribution in [3.05, 3.63) is 18.2 Å². The van der Waals surface area contributed by atoms with Crippen molar-refractivity contribution in [1.29, 1.82) is 0 Å². The van der Waals surface area contributed by atoms with E-state index < -0.39 is 0 Å². The Kier molecular flexibility index (Phi) is 3.47. The lowest BCUT2D eigenvalue weighted by Crippen LogP contribution is -2.35. The molecule has 1 aliphatic heterocycles. The number of benzene rings is 1. The van der Waals surface area contributed by atoms with E-state index in [2.05, 4.69) is 12.6 Å². The third kappa shape index (κ3) is 2.15. The molecule has 1 aromatic carbocycles. The summed E-state index contributed by atoms with van der Waals surface area (Å²) < 4.78 is 5.32. The molecule has 0 saturated heterocycles. The summed E-state index contributed by atoms with van der Waals surface area (Å²) in [6, 6.07) is 5.30. The highest BCUT2D eigenvalue weighted by Crippen LogP contribution is 2.34. The number of rotatable bonds is 2. The normalized spacial score (nSPS) is 13.9. The van der Waals surface area contributed by atoms with Gasteiger partial charge in [0.1, 0.15) is 5.75 Å². The van der Waals surface area contributed by atoms with Crippen LogP contribution < -0.4 is 14.5 Å². The number of nitrogens with zero attached hydrogens (tertiary/aromatic N) is 2. The van der Waals surface area contributed by atoms with Crippen LogP contribution in [-0.2, 0) is 9.59 Å². The van der Waals surface area contributed by atoms with Crippen molar-refractivity contribution < 1.29 is 14.3 Å². The first-order valence-corrected chi connectivity index (χ1v) is 6.08. The number of thiol groups is 1. The van der Waals surface area contributed by atoms with Gasteiger partial charge in [0.15, 0.2) is 6.61 Å². The predicted molar refractivity (Wildman–Crippen MR) is 72.6 cm³/mol. The third-order valence-electron chi connectivity index (χ3n) is 2.93. The molecule has 0 bridgehead atoms. The van der Waals surface area contributed by atoms with E-state index in [1.807, 2.05) is 0 Å². The summed E-state index contributed by atoms with van der Waals surface area (Å²) in [5.74, 6) is 0.568. The highest BCUT2D eigenvalue weighted by Gasteiger charge is 2.23. The Balaban J connectivity index is 2.37. The fourth-order valence-electron chi connectivity index (χ4n) is 1.72. The summed E-state index contributed by atoms with van der Waals surface area (Å²) in [7, 11) is 3.36. The second-order valence-corrected chi connectivity index (χ2v) is 4.32. The minimum atomic E-state index is -0.108. The summed E-state index contributed by atoms with van der Waals surface area (Å²) in [5, 5.41) is 0. The molecule has 0 N–H and O–H groups in total. The van der Waals surface area contributed by atoms with Crippen LogP contribution >= 0.6 is 12.6 Å². The van der Waals surface area contributed by atoms with E-state index >= 15 is 0 Å². The predicted octanol–water partition coefficient (Wildman–Crippen LogP) is 0.934. The summed E-state index contributed by atoms with van der Waals surface area (Å²) in [4.78, 5) is 26.1. The molecule has 1 aromatic rings. The van der Waals surface area contributed by atoms with E-state index in [9.17, 15) is 9.59 Å². The van der Waals surface area contributed by atoms with Crippen LogP contribution in [0.5, 0.6) is 5.75 Å². The molecule has 1 heterocycles. The first-order chi connectivity index (χ1) is 8.54. The Labute approximate surface area is 111 Å². The van der Waals surface area contributed by atoms with E-state index in [1.54, 1.807) is 32.3 Å². The van der Waals surface area contributed by atoms with Crippen molar-refractivity contribution in [2.45, 2.75) is 0 Å². The highest BCUT2D eigenvalue weighted by molar-refractivity contribution is 7.81. The molecule has 0 aromatic heterocycles. The van der Waals surface area contributed by atoms with Crippen LogP contribution in [0.2, 0.25) is 0 Å². The molecule has 0 saturated carbocycles. The molecule has 0 spiro atoms. The molecule has 2 amide bonds. The molecule has 0 radical (unpaired) electrons. The largest absolute Gasteiger partial charge is 0.482 e. The first-order valence-electron chi connectivity index (χ1n) is 5.45. The van der Waals surface area contributed by atoms with Crippen molar-refractivity contribution in [1.82, 2.24) is 0 Å². The topological polar surface area (TPSA) is 49.9 Å². The summed E-state index contributed by atoms with van der Waals surface area (Å²) in [6.45, 7) is 0.0499. The fraction of sp³-hybridized carbons (Fsp3) is 0.333. The van der Waals surface area contributed by atoms with Crippen LogP contribution in [0.25, 0.3) is 0 Å². The van der Waals surface area contributed by atoms with Crippen LogP contribution in [-0.4, -0.2) is 38.3 Å². The van der Waals surface area contributed by atoms with E-state index in [0.717, 1.165) is 0 Å². The van der Waals surface area contributed by atoms with Crippen molar-refractivity contribution in [3.63, 3.8) is 0 Å². The monoisotopic (exact) mass is 266 g/mol. The second kappa shape index (κ2) is 4.89. The number of ether oxygens (including phenoxy) is 1. The van der Waals surface area contributed by atoms with Gasteiger partial charge in [0.05, 0.1) is 11.4 Å². The lowest BCUT2D eigenvalue weighted by Gasteiger charge is -2.27. The minimum absolute atomic E-state index is 0.0499. The zero-order valence-electron chi connectivity index (χ0n) is 10.2.